The van der Waals surface area contributed by atoms with Crippen LogP contribution in [0.5, 0.6) is 0 Å². The summed E-state index contributed by atoms with van der Waals surface area (Å²) in [5.41, 5.74) is 5.23. The van der Waals surface area contributed by atoms with Crippen LogP contribution in [0.1, 0.15) is 0 Å². The van der Waals surface area contributed by atoms with Crippen LogP contribution in [-0.2, 0) is 9.53 Å². The highest BCUT2D eigenvalue weighted by Crippen LogP contribution is 2.22. The Hall–Kier alpha value is -2.42. The van der Waals surface area contributed by atoms with Crippen LogP contribution in [0.2, 0.25) is 0 Å². The third-order valence-corrected chi connectivity index (χ3v) is 2.48. The van der Waals surface area contributed by atoms with Gasteiger partial charge in [-0.3, -0.25) is 14.9 Å². The van der Waals surface area contributed by atoms with Gasteiger partial charge >= 0.3 is 5.69 Å². The molecule has 9 nitrogen and oxygen atoms in total. The Bertz CT molecular complexity index is 494. The highest BCUT2D eigenvalue weighted by molar-refractivity contribution is 5.81. The summed E-state index contributed by atoms with van der Waals surface area (Å²) in [6.07, 6.45) is 0. The SMILES string of the molecule is COCCNC(=O)CN(C)c1ccc([N+](=O)[O-])c(N)n1. The van der Waals surface area contributed by atoms with Gasteiger partial charge in [-0.25, -0.2) is 4.98 Å². The number of nitro groups is 1. The molecular formula is C11H17N5O4. The third-order valence-electron chi connectivity index (χ3n) is 2.48. The van der Waals surface area contributed by atoms with E-state index in [0.717, 1.165) is 0 Å². The fraction of sp³-hybridized carbons (Fsp3) is 0.455. The molecule has 9 heteroatoms. The minimum absolute atomic E-state index is 0.0635. The Balaban J connectivity index is 2.63. The molecule has 0 spiro atoms. The number of nitrogens with one attached hydrogen (secondary N) is 1. The average molecular weight is 283 g/mol. The predicted octanol–water partition coefficient (Wildman–Crippen LogP) is -0.229. The number of hydrogen-bond acceptors (Lipinski definition) is 7. The van der Waals surface area contributed by atoms with E-state index in [1.165, 1.54) is 12.1 Å². The number of carbonyl (C=O) groups is 1. The number of nitrogens with zero attached hydrogens (tertiary/aromatic N) is 3. The Morgan fingerprint density at radius 1 is 1.60 bits per heavy atom. The van der Waals surface area contributed by atoms with Crippen molar-refractivity contribution in [3.63, 3.8) is 0 Å². The van der Waals surface area contributed by atoms with E-state index >= 15 is 0 Å². The first-order chi connectivity index (χ1) is 9.45. The Kier molecular flexibility index (Phi) is 5.66. The lowest BCUT2D eigenvalue weighted by molar-refractivity contribution is -0.384. The molecule has 1 amide bonds. The van der Waals surface area contributed by atoms with Gasteiger partial charge in [0.05, 0.1) is 18.1 Å². The van der Waals surface area contributed by atoms with Gasteiger partial charge in [0.2, 0.25) is 11.7 Å². The van der Waals surface area contributed by atoms with E-state index in [-0.39, 0.29) is 24.0 Å². The summed E-state index contributed by atoms with van der Waals surface area (Å²) in [5, 5.41) is 13.3. The fourth-order valence-corrected chi connectivity index (χ4v) is 1.47. The summed E-state index contributed by atoms with van der Waals surface area (Å²) >= 11 is 0. The van der Waals surface area contributed by atoms with Gasteiger partial charge in [-0.05, 0) is 6.07 Å². The number of rotatable bonds is 7. The van der Waals surface area contributed by atoms with Gasteiger partial charge in [0.1, 0.15) is 5.82 Å². The van der Waals surface area contributed by atoms with E-state index in [0.29, 0.717) is 19.0 Å². The number of methoxy groups -OCH3 is 1. The zero-order valence-electron chi connectivity index (χ0n) is 11.3. The normalized spacial score (nSPS) is 10.1. The molecule has 0 saturated carbocycles. The van der Waals surface area contributed by atoms with Gasteiger partial charge in [0.15, 0.2) is 0 Å². The number of anilines is 2. The number of nitrogen functional groups attached to an aromatic ring is 1. The summed E-state index contributed by atoms with van der Waals surface area (Å²) < 4.78 is 4.81. The van der Waals surface area contributed by atoms with Crippen molar-refractivity contribution in [2.45, 2.75) is 0 Å². The Labute approximate surface area is 115 Å². The second-order valence-corrected chi connectivity index (χ2v) is 4.03. The van der Waals surface area contributed by atoms with Gasteiger partial charge in [-0.1, -0.05) is 0 Å². The van der Waals surface area contributed by atoms with E-state index in [9.17, 15) is 14.9 Å². The van der Waals surface area contributed by atoms with E-state index in [1.54, 1.807) is 19.1 Å². The van der Waals surface area contributed by atoms with Crippen LogP contribution < -0.4 is 16.0 Å². The number of ether oxygens (including phenoxy) is 1. The van der Waals surface area contributed by atoms with Crippen molar-refractivity contribution in [1.82, 2.24) is 10.3 Å². The van der Waals surface area contributed by atoms with Crippen molar-refractivity contribution in [2.75, 3.05) is 44.5 Å². The zero-order chi connectivity index (χ0) is 15.1. The Morgan fingerprint density at radius 2 is 2.30 bits per heavy atom. The molecule has 0 aliphatic rings. The molecule has 20 heavy (non-hydrogen) atoms. The number of pyridine rings is 1. The van der Waals surface area contributed by atoms with Crippen molar-refractivity contribution < 1.29 is 14.5 Å². The van der Waals surface area contributed by atoms with E-state index in [1.807, 2.05) is 0 Å². The molecule has 0 bridgehead atoms. The summed E-state index contributed by atoms with van der Waals surface area (Å²) in [6.45, 7) is 0.908. The molecule has 1 aromatic heterocycles. The average Bonchev–Trinajstić information content (AvgIpc) is 2.38. The standard InChI is InChI=1S/C11H17N5O4/c1-15(7-10(17)13-5-6-20-2)9-4-3-8(16(18)19)11(12)14-9/h3-4H,5-7H2,1-2H3,(H2,12,14)(H,13,17). The zero-order valence-corrected chi connectivity index (χ0v) is 11.3. The van der Waals surface area contributed by atoms with Crippen LogP contribution in [0.4, 0.5) is 17.3 Å². The number of hydrogen-bond donors (Lipinski definition) is 2. The molecule has 0 aliphatic carbocycles. The van der Waals surface area contributed by atoms with E-state index < -0.39 is 4.92 Å². The van der Waals surface area contributed by atoms with Crippen LogP contribution in [0.3, 0.4) is 0 Å². The molecule has 0 aromatic carbocycles. The van der Waals surface area contributed by atoms with E-state index in [4.69, 9.17) is 10.5 Å². The maximum atomic E-state index is 11.6. The molecule has 1 aromatic rings. The van der Waals surface area contributed by atoms with Crippen molar-refractivity contribution in [2.24, 2.45) is 0 Å². The monoisotopic (exact) mass is 283 g/mol. The maximum Gasteiger partial charge on any atom is 0.311 e. The smallest absolute Gasteiger partial charge is 0.311 e. The Morgan fingerprint density at radius 3 is 2.85 bits per heavy atom. The first-order valence-electron chi connectivity index (χ1n) is 5.83. The van der Waals surface area contributed by atoms with Gasteiger partial charge in [0, 0.05) is 26.8 Å². The van der Waals surface area contributed by atoms with Crippen LogP contribution in [0.15, 0.2) is 12.1 Å². The molecule has 0 fully saturated rings. The van der Waals surface area contributed by atoms with E-state index in [2.05, 4.69) is 10.3 Å². The van der Waals surface area contributed by atoms with Crippen LogP contribution in [0.25, 0.3) is 0 Å². The topological polar surface area (TPSA) is 124 Å². The number of nitrogens with two attached hydrogens (primary N) is 1. The number of carbonyl (C=O) groups excluding carboxylic acids is 1. The fourth-order valence-electron chi connectivity index (χ4n) is 1.47. The second-order valence-electron chi connectivity index (χ2n) is 4.03. The van der Waals surface area contributed by atoms with Gasteiger partial charge in [-0.2, -0.15) is 0 Å². The number of aromatic nitrogens is 1. The number of likely N-dealkylation sites (N-methyl/N-ethyl adjacent to an activating group) is 1. The molecule has 0 saturated heterocycles. The van der Waals surface area contributed by atoms with Crippen LogP contribution >= 0.6 is 0 Å². The minimum Gasteiger partial charge on any atom is -0.383 e. The van der Waals surface area contributed by atoms with Crippen molar-refractivity contribution in [3.05, 3.63) is 22.2 Å². The molecule has 0 radical (unpaired) electrons. The highest BCUT2D eigenvalue weighted by Gasteiger charge is 2.15. The lowest BCUT2D eigenvalue weighted by atomic mass is 10.3. The first kappa shape index (κ1) is 15.6. The van der Waals surface area contributed by atoms with Crippen LogP contribution in [-0.4, -0.2) is 49.7 Å². The quantitative estimate of drug-likeness (QED) is 0.402. The highest BCUT2D eigenvalue weighted by atomic mass is 16.6. The van der Waals surface area contributed by atoms with Gasteiger partial charge in [0.25, 0.3) is 0 Å². The lowest BCUT2D eigenvalue weighted by Crippen LogP contribution is -2.37. The molecule has 1 rings (SSSR count). The van der Waals surface area contributed by atoms with Crippen molar-refractivity contribution in [1.29, 1.82) is 0 Å². The minimum atomic E-state index is -0.608. The third kappa shape index (κ3) is 4.35. The maximum absolute atomic E-state index is 11.6. The molecule has 1 heterocycles. The lowest BCUT2D eigenvalue weighted by Gasteiger charge is -2.17. The second kappa shape index (κ2) is 7.24. The van der Waals surface area contributed by atoms with Gasteiger partial charge in [-0.15, -0.1) is 0 Å². The molecule has 0 aliphatic heterocycles. The van der Waals surface area contributed by atoms with Crippen LogP contribution in [0, 0.1) is 10.1 Å². The largest absolute Gasteiger partial charge is 0.383 e. The van der Waals surface area contributed by atoms with Crippen molar-refractivity contribution in [3.8, 4) is 0 Å². The predicted molar refractivity (Wildman–Crippen MR) is 73.5 cm³/mol. The molecule has 110 valence electrons. The summed E-state index contributed by atoms with van der Waals surface area (Å²) in [4.78, 5) is 27.0. The summed E-state index contributed by atoms with van der Waals surface area (Å²) in [6, 6.07) is 2.70. The number of amides is 1. The summed E-state index contributed by atoms with van der Waals surface area (Å²) in [7, 11) is 3.19. The summed E-state index contributed by atoms with van der Waals surface area (Å²) in [5.74, 6) is -0.00240. The van der Waals surface area contributed by atoms with Gasteiger partial charge < -0.3 is 20.7 Å². The molecule has 3 N–H and O–H groups in total. The molecule has 0 atom stereocenters. The molecular weight excluding hydrogens is 266 g/mol. The first-order valence-corrected chi connectivity index (χ1v) is 5.83. The molecule has 0 unspecified atom stereocenters. The van der Waals surface area contributed by atoms with Crippen molar-refractivity contribution >= 4 is 23.2 Å².